The number of hydrogen-bond donors (Lipinski definition) is 1. The summed E-state index contributed by atoms with van der Waals surface area (Å²) >= 11 is 0. The van der Waals surface area contributed by atoms with Crippen molar-refractivity contribution in [3.8, 4) is 5.75 Å². The molecule has 1 N–H and O–H groups in total. The molecule has 3 aromatic heterocycles. The largest absolute Gasteiger partial charge is 0.490 e. The van der Waals surface area contributed by atoms with Gasteiger partial charge in [0.15, 0.2) is 0 Å². The van der Waals surface area contributed by atoms with Gasteiger partial charge in [-0.2, -0.15) is 13.2 Å². The summed E-state index contributed by atoms with van der Waals surface area (Å²) in [5, 5.41) is 0.881. The molecule has 3 aromatic rings. The summed E-state index contributed by atoms with van der Waals surface area (Å²) in [6.45, 7) is -0.104. The van der Waals surface area contributed by atoms with Gasteiger partial charge >= 0.3 is 12.2 Å². The zero-order valence-corrected chi connectivity index (χ0v) is 16.7. The van der Waals surface area contributed by atoms with E-state index < -0.39 is 23.7 Å². The van der Waals surface area contributed by atoms with E-state index in [-0.39, 0.29) is 30.8 Å². The van der Waals surface area contributed by atoms with Crippen LogP contribution < -0.4 is 9.64 Å². The number of ether oxygens (including phenoxy) is 1. The highest BCUT2D eigenvalue weighted by Crippen LogP contribution is 2.36. The molecule has 1 aliphatic carbocycles. The van der Waals surface area contributed by atoms with Gasteiger partial charge in [-0.1, -0.05) is 0 Å². The Balaban J connectivity index is 1.20. The molecule has 1 saturated heterocycles. The van der Waals surface area contributed by atoms with Crippen LogP contribution >= 0.6 is 0 Å². The number of H-pyrrole nitrogens is 1. The maximum atomic E-state index is 13.0. The van der Waals surface area contributed by atoms with Crippen LogP contribution in [0.1, 0.15) is 18.4 Å². The van der Waals surface area contributed by atoms with E-state index in [1.165, 1.54) is 0 Å². The predicted octanol–water partition coefficient (Wildman–Crippen LogP) is 3.60. The number of halogens is 3. The maximum Gasteiger partial charge on any atom is 0.417 e. The van der Waals surface area contributed by atoms with E-state index in [9.17, 15) is 22.8 Å². The van der Waals surface area contributed by atoms with Crippen LogP contribution in [0.5, 0.6) is 5.75 Å². The number of imide groups is 1. The molecule has 2 fully saturated rings. The number of rotatable bonds is 5. The van der Waals surface area contributed by atoms with Crippen LogP contribution in [0.4, 0.5) is 23.7 Å². The number of urea groups is 1. The lowest BCUT2D eigenvalue weighted by Crippen LogP contribution is -2.44. The zero-order chi connectivity index (χ0) is 22.5. The van der Waals surface area contributed by atoms with Gasteiger partial charge in [0.2, 0.25) is 0 Å². The molecule has 0 radical (unpaired) electrons. The minimum Gasteiger partial charge on any atom is -0.490 e. The van der Waals surface area contributed by atoms with Crippen LogP contribution in [0.2, 0.25) is 0 Å². The molecule has 32 heavy (non-hydrogen) atoms. The third-order valence-electron chi connectivity index (χ3n) is 5.77. The number of amides is 3. The fourth-order valence-corrected chi connectivity index (χ4v) is 4.05. The molecule has 11 heteroatoms. The molecule has 4 heterocycles. The Morgan fingerprint density at radius 1 is 1.19 bits per heavy atom. The summed E-state index contributed by atoms with van der Waals surface area (Å²) in [7, 11) is 0. The van der Waals surface area contributed by atoms with Gasteiger partial charge in [-0.3, -0.25) is 19.6 Å². The van der Waals surface area contributed by atoms with E-state index in [1.54, 1.807) is 18.5 Å². The van der Waals surface area contributed by atoms with E-state index in [1.807, 2.05) is 6.07 Å². The number of pyridine rings is 2. The Bertz CT molecular complexity index is 1190. The quantitative estimate of drug-likeness (QED) is 0.606. The Morgan fingerprint density at radius 3 is 2.78 bits per heavy atom. The third kappa shape index (κ3) is 3.63. The van der Waals surface area contributed by atoms with Crippen molar-refractivity contribution in [1.82, 2.24) is 19.9 Å². The summed E-state index contributed by atoms with van der Waals surface area (Å²) in [5.74, 6) is 0.340. The van der Waals surface area contributed by atoms with E-state index in [0.29, 0.717) is 19.0 Å². The molecule has 8 nitrogen and oxygen atoms in total. The standard InChI is InChI=1S/C21H18F3N5O3/c22-21(23,24)13-7-14(9-25-8-13)28-11-18(30)29(20(28)31)10-12-5-15(6-12)32-17-2-4-27-19-16(17)1-3-26-19/h1-4,7-9,12,15H,5-6,10-11H2,(H,26,27). The molecule has 5 rings (SSSR count). The number of anilines is 1. The summed E-state index contributed by atoms with van der Waals surface area (Å²) in [4.78, 5) is 38.0. The van der Waals surface area contributed by atoms with Gasteiger partial charge in [0.1, 0.15) is 17.9 Å². The number of nitrogens with zero attached hydrogens (tertiary/aromatic N) is 4. The number of aromatic nitrogens is 3. The van der Waals surface area contributed by atoms with Crippen molar-refractivity contribution in [3.63, 3.8) is 0 Å². The van der Waals surface area contributed by atoms with Crippen molar-refractivity contribution < 1.29 is 27.5 Å². The number of carbonyl (C=O) groups is 2. The molecule has 1 aliphatic heterocycles. The SMILES string of the molecule is O=C1CN(c2cncc(C(F)(F)F)c2)C(=O)N1CC1CC(Oc2ccnc3[nH]ccc23)C1. The molecule has 2 aliphatic rings. The van der Waals surface area contributed by atoms with Gasteiger partial charge < -0.3 is 9.72 Å². The minimum absolute atomic E-state index is 0.0444. The normalized spacial score (nSPS) is 21.3. The number of alkyl halides is 3. The van der Waals surface area contributed by atoms with E-state index >= 15 is 0 Å². The summed E-state index contributed by atoms with van der Waals surface area (Å²) in [6, 6.07) is 3.86. The highest BCUT2D eigenvalue weighted by Gasteiger charge is 2.42. The fourth-order valence-electron chi connectivity index (χ4n) is 4.05. The molecular weight excluding hydrogens is 427 g/mol. The fraction of sp³-hybridized carbons (Fsp3) is 0.333. The zero-order valence-electron chi connectivity index (χ0n) is 16.7. The topological polar surface area (TPSA) is 91.4 Å². The van der Waals surface area contributed by atoms with Crippen molar-refractivity contribution in [2.45, 2.75) is 25.1 Å². The highest BCUT2D eigenvalue weighted by molar-refractivity contribution is 6.12. The van der Waals surface area contributed by atoms with Crippen molar-refractivity contribution in [2.24, 2.45) is 5.92 Å². The third-order valence-corrected chi connectivity index (χ3v) is 5.77. The Kier molecular flexibility index (Phi) is 4.75. The van der Waals surface area contributed by atoms with Crippen molar-refractivity contribution in [3.05, 3.63) is 48.5 Å². The molecule has 0 unspecified atom stereocenters. The minimum atomic E-state index is -4.59. The lowest BCUT2D eigenvalue weighted by molar-refractivity contribution is -0.137. The number of fused-ring (bicyclic) bond motifs is 1. The summed E-state index contributed by atoms with van der Waals surface area (Å²) in [5.41, 5.74) is -0.292. The van der Waals surface area contributed by atoms with E-state index in [0.717, 1.165) is 38.8 Å². The number of carbonyl (C=O) groups excluding carboxylic acids is 2. The van der Waals surface area contributed by atoms with Crippen LogP contribution in [0.3, 0.4) is 0 Å². The first-order chi connectivity index (χ1) is 15.3. The Labute approximate surface area is 180 Å². The predicted molar refractivity (Wildman–Crippen MR) is 107 cm³/mol. The molecule has 0 spiro atoms. The van der Waals surface area contributed by atoms with Crippen LogP contribution in [-0.4, -0.2) is 51.0 Å². The van der Waals surface area contributed by atoms with Crippen molar-refractivity contribution in [1.29, 1.82) is 0 Å². The van der Waals surface area contributed by atoms with Crippen LogP contribution in [-0.2, 0) is 11.0 Å². The molecule has 1 saturated carbocycles. The van der Waals surface area contributed by atoms with Crippen LogP contribution in [0.15, 0.2) is 43.0 Å². The number of hydrogen-bond acceptors (Lipinski definition) is 5. The first-order valence-corrected chi connectivity index (χ1v) is 10.0. The monoisotopic (exact) mass is 445 g/mol. The second-order valence-electron chi connectivity index (χ2n) is 7.93. The van der Waals surface area contributed by atoms with Gasteiger partial charge in [-0.15, -0.1) is 0 Å². The maximum absolute atomic E-state index is 13.0. The smallest absolute Gasteiger partial charge is 0.417 e. The van der Waals surface area contributed by atoms with Gasteiger partial charge in [0, 0.05) is 25.1 Å². The Morgan fingerprint density at radius 2 is 2.00 bits per heavy atom. The molecule has 0 atom stereocenters. The van der Waals surface area contributed by atoms with Crippen LogP contribution in [0, 0.1) is 5.92 Å². The summed E-state index contributed by atoms with van der Waals surface area (Å²) < 4.78 is 44.9. The van der Waals surface area contributed by atoms with Gasteiger partial charge in [-0.05, 0) is 37.0 Å². The molecule has 0 aromatic carbocycles. The second-order valence-corrected chi connectivity index (χ2v) is 7.93. The average molecular weight is 445 g/mol. The molecule has 0 bridgehead atoms. The highest BCUT2D eigenvalue weighted by atomic mass is 19.4. The average Bonchev–Trinajstić information content (AvgIpc) is 3.32. The van der Waals surface area contributed by atoms with Crippen molar-refractivity contribution in [2.75, 3.05) is 18.0 Å². The van der Waals surface area contributed by atoms with Gasteiger partial charge in [0.05, 0.1) is 28.9 Å². The van der Waals surface area contributed by atoms with Gasteiger partial charge in [-0.25, -0.2) is 9.78 Å². The molecule has 3 amide bonds. The van der Waals surface area contributed by atoms with E-state index in [2.05, 4.69) is 15.0 Å². The van der Waals surface area contributed by atoms with Crippen molar-refractivity contribution >= 4 is 28.7 Å². The van der Waals surface area contributed by atoms with Crippen LogP contribution in [0.25, 0.3) is 11.0 Å². The number of nitrogens with one attached hydrogen (secondary N) is 1. The number of aromatic amines is 1. The lowest BCUT2D eigenvalue weighted by Gasteiger charge is -2.37. The second kappa shape index (κ2) is 7.50. The van der Waals surface area contributed by atoms with E-state index in [4.69, 9.17) is 4.74 Å². The molecule has 166 valence electrons. The summed E-state index contributed by atoms with van der Waals surface area (Å²) in [6.07, 6.45) is 1.96. The first-order valence-electron chi connectivity index (χ1n) is 10.0. The molecular formula is C21H18F3N5O3. The van der Waals surface area contributed by atoms with Gasteiger partial charge in [0.25, 0.3) is 5.91 Å². The lowest BCUT2D eigenvalue weighted by atomic mass is 9.82. The first kappa shape index (κ1) is 20.3. The Hall–Kier alpha value is -3.63.